The summed E-state index contributed by atoms with van der Waals surface area (Å²) in [7, 11) is 1.34. The van der Waals surface area contributed by atoms with Crippen LogP contribution in [0.2, 0.25) is 0 Å². The molecule has 1 unspecified atom stereocenters. The van der Waals surface area contributed by atoms with E-state index in [1.807, 2.05) is 13.8 Å². The number of ether oxygens (including phenoxy) is 1. The number of esters is 1. The number of carbonyl (C=O) groups excluding carboxylic acids is 2. The van der Waals surface area contributed by atoms with Crippen LogP contribution in [0.25, 0.3) is 0 Å². The maximum Gasteiger partial charge on any atom is 0.337 e. The van der Waals surface area contributed by atoms with Crippen LogP contribution in [0.3, 0.4) is 0 Å². The highest BCUT2D eigenvalue weighted by Gasteiger charge is 2.10. The second-order valence-corrected chi connectivity index (χ2v) is 5.41. The first-order chi connectivity index (χ1) is 11.5. The number of aromatic nitrogens is 1. The Kier molecular flexibility index (Phi) is 5.89. The number of rotatable bonds is 6. The summed E-state index contributed by atoms with van der Waals surface area (Å²) in [4.78, 5) is 28.0. The summed E-state index contributed by atoms with van der Waals surface area (Å²) in [6.45, 7) is 3.97. The highest BCUT2D eigenvalue weighted by atomic mass is 16.5. The van der Waals surface area contributed by atoms with Crippen molar-refractivity contribution in [2.75, 3.05) is 12.4 Å². The van der Waals surface area contributed by atoms with Gasteiger partial charge in [0, 0.05) is 23.5 Å². The third-order valence-electron chi connectivity index (χ3n) is 3.57. The number of pyridine rings is 1. The molecule has 1 aromatic heterocycles. The average molecular weight is 327 g/mol. The van der Waals surface area contributed by atoms with E-state index in [1.165, 1.54) is 7.11 Å². The van der Waals surface area contributed by atoms with Gasteiger partial charge in [-0.15, -0.1) is 0 Å². The minimum Gasteiger partial charge on any atom is -0.465 e. The van der Waals surface area contributed by atoms with Crippen LogP contribution in [0.4, 0.5) is 11.5 Å². The van der Waals surface area contributed by atoms with Gasteiger partial charge in [0.1, 0.15) is 5.82 Å². The summed E-state index contributed by atoms with van der Waals surface area (Å²) >= 11 is 0. The Bertz CT molecular complexity index is 731. The van der Waals surface area contributed by atoms with Crippen LogP contribution in [-0.2, 0) is 4.74 Å². The van der Waals surface area contributed by atoms with E-state index >= 15 is 0 Å². The summed E-state index contributed by atoms with van der Waals surface area (Å²) in [5, 5.41) is 6.00. The lowest BCUT2D eigenvalue weighted by molar-refractivity contribution is 0.0600. The smallest absolute Gasteiger partial charge is 0.337 e. The molecule has 6 nitrogen and oxygen atoms in total. The van der Waals surface area contributed by atoms with Gasteiger partial charge in [0.25, 0.3) is 5.91 Å². The van der Waals surface area contributed by atoms with Gasteiger partial charge in [0.15, 0.2) is 0 Å². The molecule has 2 aromatic rings. The van der Waals surface area contributed by atoms with E-state index in [1.54, 1.807) is 42.6 Å². The van der Waals surface area contributed by atoms with Crippen LogP contribution < -0.4 is 10.6 Å². The Hall–Kier alpha value is -2.89. The molecule has 0 fully saturated rings. The number of nitrogens with zero attached hydrogens (tertiary/aromatic N) is 1. The van der Waals surface area contributed by atoms with Crippen LogP contribution in [0, 0.1) is 0 Å². The number of nitrogens with one attached hydrogen (secondary N) is 2. The first-order valence-corrected chi connectivity index (χ1v) is 7.75. The zero-order valence-electron chi connectivity index (χ0n) is 14.0. The van der Waals surface area contributed by atoms with E-state index in [2.05, 4.69) is 15.6 Å². The van der Waals surface area contributed by atoms with E-state index in [9.17, 15) is 9.59 Å². The Morgan fingerprint density at radius 3 is 2.71 bits per heavy atom. The summed E-state index contributed by atoms with van der Waals surface area (Å²) in [6, 6.07) is 10.3. The van der Waals surface area contributed by atoms with Crippen molar-refractivity contribution in [2.24, 2.45) is 0 Å². The van der Waals surface area contributed by atoms with Gasteiger partial charge in [-0.25, -0.2) is 9.78 Å². The Balaban J connectivity index is 2.15. The number of amides is 1. The van der Waals surface area contributed by atoms with Crippen molar-refractivity contribution in [1.82, 2.24) is 10.3 Å². The number of methoxy groups -OCH3 is 1. The van der Waals surface area contributed by atoms with Crippen molar-refractivity contribution >= 4 is 23.4 Å². The zero-order valence-corrected chi connectivity index (χ0v) is 14.0. The first kappa shape index (κ1) is 17.5. The molecule has 0 aliphatic carbocycles. The molecule has 126 valence electrons. The second kappa shape index (κ2) is 8.10. The normalized spacial score (nSPS) is 11.5. The molecular weight excluding hydrogens is 306 g/mol. The van der Waals surface area contributed by atoms with Gasteiger partial charge in [-0.2, -0.15) is 0 Å². The Morgan fingerprint density at radius 2 is 2.00 bits per heavy atom. The molecule has 0 aliphatic heterocycles. The third kappa shape index (κ3) is 4.55. The third-order valence-corrected chi connectivity index (χ3v) is 3.57. The van der Waals surface area contributed by atoms with Crippen molar-refractivity contribution in [1.29, 1.82) is 0 Å². The highest BCUT2D eigenvalue weighted by Crippen LogP contribution is 2.17. The fraction of sp³-hybridized carbons (Fsp3) is 0.278. The predicted molar refractivity (Wildman–Crippen MR) is 92.5 cm³/mol. The topological polar surface area (TPSA) is 80.3 Å². The lowest BCUT2D eigenvalue weighted by Gasteiger charge is -2.12. The molecule has 24 heavy (non-hydrogen) atoms. The maximum atomic E-state index is 12.2. The van der Waals surface area contributed by atoms with Gasteiger partial charge in [0.05, 0.1) is 12.7 Å². The monoisotopic (exact) mass is 327 g/mol. The van der Waals surface area contributed by atoms with Crippen molar-refractivity contribution in [3.05, 3.63) is 53.7 Å². The van der Waals surface area contributed by atoms with Crippen molar-refractivity contribution < 1.29 is 14.3 Å². The molecule has 2 rings (SSSR count). The number of hydrogen-bond donors (Lipinski definition) is 2. The van der Waals surface area contributed by atoms with Crippen LogP contribution >= 0.6 is 0 Å². The van der Waals surface area contributed by atoms with Crippen molar-refractivity contribution in [3.8, 4) is 0 Å². The Morgan fingerprint density at radius 1 is 1.21 bits per heavy atom. The molecular formula is C18H21N3O3. The lowest BCUT2D eigenvalue weighted by Crippen LogP contribution is -2.31. The average Bonchev–Trinajstić information content (AvgIpc) is 2.61. The summed E-state index contributed by atoms with van der Waals surface area (Å²) in [5.41, 5.74) is 1.65. The van der Waals surface area contributed by atoms with Gasteiger partial charge >= 0.3 is 5.97 Å². The fourth-order valence-corrected chi connectivity index (χ4v) is 2.04. The fourth-order valence-electron chi connectivity index (χ4n) is 2.04. The Labute approximate surface area is 141 Å². The molecule has 6 heteroatoms. The quantitative estimate of drug-likeness (QED) is 0.797. The molecule has 1 heterocycles. The molecule has 0 bridgehead atoms. The summed E-state index contributed by atoms with van der Waals surface area (Å²) < 4.78 is 4.70. The molecule has 0 saturated heterocycles. The summed E-state index contributed by atoms with van der Waals surface area (Å²) in [5.74, 6) is -0.0276. The van der Waals surface area contributed by atoms with Gasteiger partial charge < -0.3 is 15.4 Å². The first-order valence-electron chi connectivity index (χ1n) is 7.75. The van der Waals surface area contributed by atoms with Crippen LogP contribution in [0.1, 0.15) is 41.0 Å². The van der Waals surface area contributed by atoms with Gasteiger partial charge in [0.2, 0.25) is 0 Å². The van der Waals surface area contributed by atoms with Crippen LogP contribution in [0.5, 0.6) is 0 Å². The molecule has 1 aromatic carbocycles. The van der Waals surface area contributed by atoms with E-state index < -0.39 is 5.97 Å². The van der Waals surface area contributed by atoms with Gasteiger partial charge in [-0.1, -0.05) is 13.0 Å². The van der Waals surface area contributed by atoms with Crippen molar-refractivity contribution in [3.63, 3.8) is 0 Å². The van der Waals surface area contributed by atoms with E-state index in [0.717, 1.165) is 6.42 Å². The largest absolute Gasteiger partial charge is 0.465 e. The standard InChI is InChI=1S/C18H21N3O3/c1-4-12(2)20-17(22)13-8-9-19-16(11-13)21-15-7-5-6-14(10-15)18(23)24-3/h5-12H,4H2,1-3H3,(H,19,21)(H,20,22). The zero-order chi connectivity index (χ0) is 17.5. The predicted octanol–water partition coefficient (Wildman–Crippen LogP) is 3.14. The number of carbonyl (C=O) groups is 2. The number of anilines is 2. The van der Waals surface area contributed by atoms with Crippen LogP contribution in [-0.4, -0.2) is 30.0 Å². The molecule has 2 N–H and O–H groups in total. The van der Waals surface area contributed by atoms with Crippen molar-refractivity contribution in [2.45, 2.75) is 26.3 Å². The minimum absolute atomic E-state index is 0.110. The molecule has 0 aliphatic rings. The van der Waals surface area contributed by atoms with Gasteiger partial charge in [-0.3, -0.25) is 4.79 Å². The maximum absolute atomic E-state index is 12.2. The summed E-state index contributed by atoms with van der Waals surface area (Å²) in [6.07, 6.45) is 2.43. The second-order valence-electron chi connectivity index (χ2n) is 5.41. The lowest BCUT2D eigenvalue weighted by atomic mass is 10.2. The van der Waals surface area contributed by atoms with E-state index in [-0.39, 0.29) is 11.9 Å². The molecule has 0 radical (unpaired) electrons. The minimum atomic E-state index is -0.409. The molecule has 1 atom stereocenters. The highest BCUT2D eigenvalue weighted by molar-refractivity contribution is 5.95. The number of benzene rings is 1. The van der Waals surface area contributed by atoms with Gasteiger partial charge in [-0.05, 0) is 43.7 Å². The molecule has 0 saturated carbocycles. The van der Waals surface area contributed by atoms with Crippen LogP contribution in [0.15, 0.2) is 42.6 Å². The number of hydrogen-bond acceptors (Lipinski definition) is 5. The van der Waals surface area contributed by atoms with E-state index in [4.69, 9.17) is 4.74 Å². The molecule has 0 spiro atoms. The van der Waals surface area contributed by atoms with E-state index in [0.29, 0.717) is 22.6 Å². The SMILES string of the molecule is CCC(C)NC(=O)c1ccnc(Nc2cccc(C(=O)OC)c2)c1. The molecule has 1 amide bonds.